The number of carbonyl (C=O) groups is 2. The van der Waals surface area contributed by atoms with Gasteiger partial charge in [-0.15, -0.1) is 0 Å². The molecule has 1 aromatic carbocycles. The van der Waals surface area contributed by atoms with Crippen LogP contribution in [-0.2, 0) is 4.79 Å². The fourth-order valence-electron chi connectivity index (χ4n) is 3.05. The summed E-state index contributed by atoms with van der Waals surface area (Å²) in [5.41, 5.74) is 8.30. The Bertz CT molecular complexity index is 1080. The Labute approximate surface area is 165 Å². The molecular weight excluding hydrogens is 376 g/mol. The number of benzene rings is 1. The van der Waals surface area contributed by atoms with Gasteiger partial charge in [-0.3, -0.25) is 9.48 Å². The van der Waals surface area contributed by atoms with Crippen LogP contribution < -0.4 is 15.4 Å². The van der Waals surface area contributed by atoms with E-state index in [9.17, 15) is 9.59 Å². The lowest BCUT2D eigenvalue weighted by atomic mass is 10.1. The number of nitrogens with zero attached hydrogens (tertiary/aromatic N) is 5. The summed E-state index contributed by atoms with van der Waals surface area (Å²) in [5.74, 6) is -1.03. The summed E-state index contributed by atoms with van der Waals surface area (Å²) in [5, 5.41) is 13.2. The van der Waals surface area contributed by atoms with Crippen molar-refractivity contribution in [3.8, 4) is 17.0 Å². The number of hydrogen-bond acceptors (Lipinski definition) is 7. The second-order valence-corrected chi connectivity index (χ2v) is 6.51. The summed E-state index contributed by atoms with van der Waals surface area (Å²) in [7, 11) is 0. The maximum absolute atomic E-state index is 13.0. The van der Waals surface area contributed by atoms with Crippen LogP contribution in [0.15, 0.2) is 43.0 Å². The van der Waals surface area contributed by atoms with Gasteiger partial charge in [0.05, 0.1) is 12.7 Å². The monoisotopic (exact) mass is 394 g/mol. The highest BCUT2D eigenvalue weighted by atomic mass is 16.5. The number of aromatic nitrogens is 4. The van der Waals surface area contributed by atoms with Gasteiger partial charge >= 0.3 is 5.97 Å². The zero-order valence-electron chi connectivity index (χ0n) is 15.5. The number of amides is 1. The van der Waals surface area contributed by atoms with Crippen molar-refractivity contribution < 1.29 is 19.4 Å². The molecule has 4 rings (SSSR count). The highest BCUT2D eigenvalue weighted by Gasteiger charge is 2.28. The average molecular weight is 394 g/mol. The number of carbonyl (C=O) groups excluding carboxylic acids is 1. The molecule has 148 valence electrons. The largest absolute Gasteiger partial charge is 0.480 e. The molecule has 0 spiro atoms. The van der Waals surface area contributed by atoms with E-state index >= 15 is 0 Å². The predicted molar refractivity (Wildman–Crippen MR) is 104 cm³/mol. The number of aliphatic carboxylic acids is 1. The lowest BCUT2D eigenvalue weighted by Crippen LogP contribution is -2.32. The quantitative estimate of drug-likeness (QED) is 0.681. The van der Waals surface area contributed by atoms with Crippen LogP contribution in [0, 0.1) is 0 Å². The molecular formula is C19H18N6O4. The number of nitrogen functional groups attached to an aromatic ring is 1. The van der Waals surface area contributed by atoms with E-state index in [4.69, 9.17) is 15.6 Å². The zero-order valence-corrected chi connectivity index (χ0v) is 15.5. The average Bonchev–Trinajstić information content (AvgIpc) is 3.14. The number of anilines is 2. The van der Waals surface area contributed by atoms with Crippen molar-refractivity contribution in [2.45, 2.75) is 13.0 Å². The van der Waals surface area contributed by atoms with Gasteiger partial charge in [0.1, 0.15) is 30.4 Å². The van der Waals surface area contributed by atoms with E-state index < -0.39 is 12.0 Å². The van der Waals surface area contributed by atoms with Crippen LogP contribution in [-0.4, -0.2) is 49.9 Å². The molecule has 0 radical (unpaired) electrons. The fraction of sp³-hybridized carbons (Fsp3) is 0.211. The first-order valence-electron chi connectivity index (χ1n) is 8.88. The van der Waals surface area contributed by atoms with Crippen LogP contribution in [0.5, 0.6) is 5.88 Å². The molecule has 10 heteroatoms. The van der Waals surface area contributed by atoms with E-state index in [0.29, 0.717) is 12.2 Å². The van der Waals surface area contributed by atoms with Crippen molar-refractivity contribution in [3.05, 3.63) is 48.5 Å². The number of fused-ring (bicyclic) bond motifs is 1. The molecule has 29 heavy (non-hydrogen) atoms. The van der Waals surface area contributed by atoms with Gasteiger partial charge in [0.2, 0.25) is 5.88 Å². The molecule has 3 aromatic rings. The summed E-state index contributed by atoms with van der Waals surface area (Å²) in [6.07, 6.45) is 4.54. The first kappa shape index (κ1) is 18.4. The van der Waals surface area contributed by atoms with Gasteiger partial charge in [0.25, 0.3) is 5.91 Å². The van der Waals surface area contributed by atoms with Crippen molar-refractivity contribution in [2.24, 2.45) is 0 Å². The van der Waals surface area contributed by atoms with Crippen molar-refractivity contribution in [2.75, 3.05) is 23.8 Å². The molecule has 3 heterocycles. The summed E-state index contributed by atoms with van der Waals surface area (Å²) in [6.45, 7) is 2.17. The maximum atomic E-state index is 13.0. The molecule has 1 atom stereocenters. The number of rotatable bonds is 4. The van der Waals surface area contributed by atoms with E-state index in [0.717, 1.165) is 11.1 Å². The predicted octanol–water partition coefficient (Wildman–Crippen LogP) is 1.61. The van der Waals surface area contributed by atoms with Gasteiger partial charge in [-0.2, -0.15) is 5.10 Å². The van der Waals surface area contributed by atoms with Gasteiger partial charge in [0, 0.05) is 17.4 Å². The third-order valence-electron chi connectivity index (χ3n) is 4.72. The van der Waals surface area contributed by atoms with Gasteiger partial charge in [0.15, 0.2) is 0 Å². The fourth-order valence-corrected chi connectivity index (χ4v) is 3.05. The second-order valence-electron chi connectivity index (χ2n) is 6.51. The number of carboxylic acids is 1. The maximum Gasteiger partial charge on any atom is 0.328 e. The Balaban J connectivity index is 1.60. The summed E-state index contributed by atoms with van der Waals surface area (Å²) < 4.78 is 6.93. The number of nitrogens with two attached hydrogens (primary N) is 1. The van der Waals surface area contributed by atoms with Crippen molar-refractivity contribution in [1.29, 1.82) is 0 Å². The molecule has 0 saturated carbocycles. The summed E-state index contributed by atoms with van der Waals surface area (Å²) in [6, 6.07) is 6.53. The smallest absolute Gasteiger partial charge is 0.328 e. The van der Waals surface area contributed by atoms with E-state index in [-0.39, 0.29) is 29.8 Å². The Morgan fingerprint density at radius 1 is 1.24 bits per heavy atom. The summed E-state index contributed by atoms with van der Waals surface area (Å²) in [4.78, 5) is 33.5. The third-order valence-corrected chi connectivity index (χ3v) is 4.72. The first-order valence-corrected chi connectivity index (χ1v) is 8.88. The molecule has 0 saturated heterocycles. The molecule has 10 nitrogen and oxygen atoms in total. The van der Waals surface area contributed by atoms with Crippen LogP contribution in [0.2, 0.25) is 0 Å². The number of ether oxygens (including phenoxy) is 1. The number of carboxylic acid groups (broad SMARTS) is 1. The topological polar surface area (TPSA) is 136 Å². The Hall–Kier alpha value is -3.95. The molecule has 3 N–H and O–H groups in total. The van der Waals surface area contributed by atoms with Gasteiger partial charge in [-0.25, -0.2) is 14.8 Å². The first-order chi connectivity index (χ1) is 14.0. The van der Waals surface area contributed by atoms with Crippen LogP contribution in [0.1, 0.15) is 23.3 Å². The second kappa shape index (κ2) is 7.23. The summed E-state index contributed by atoms with van der Waals surface area (Å²) >= 11 is 0. The number of hydrogen-bond donors (Lipinski definition) is 2. The van der Waals surface area contributed by atoms with Crippen LogP contribution in [0.3, 0.4) is 0 Å². The molecule has 1 aliphatic rings. The SMILES string of the molecule is C[C@@H](C(=O)O)n1cc(-c2ccc(N3CCOc4ncnc(N)c4C3=O)cc2)cn1. The molecule has 1 aliphatic heterocycles. The Morgan fingerprint density at radius 2 is 2.00 bits per heavy atom. The lowest BCUT2D eigenvalue weighted by Gasteiger charge is -2.20. The van der Waals surface area contributed by atoms with E-state index in [2.05, 4.69) is 15.1 Å². The third kappa shape index (κ3) is 3.35. The lowest BCUT2D eigenvalue weighted by molar-refractivity contribution is -0.140. The van der Waals surface area contributed by atoms with Crippen molar-refractivity contribution >= 4 is 23.4 Å². The molecule has 0 fully saturated rings. The van der Waals surface area contributed by atoms with Gasteiger partial charge in [-0.05, 0) is 24.6 Å². The minimum Gasteiger partial charge on any atom is -0.480 e. The van der Waals surface area contributed by atoms with Crippen molar-refractivity contribution in [1.82, 2.24) is 19.7 Å². The molecule has 0 unspecified atom stereocenters. The van der Waals surface area contributed by atoms with E-state index in [1.54, 1.807) is 36.4 Å². The van der Waals surface area contributed by atoms with E-state index in [1.807, 2.05) is 12.1 Å². The van der Waals surface area contributed by atoms with Crippen molar-refractivity contribution in [3.63, 3.8) is 0 Å². The molecule has 1 amide bonds. The zero-order chi connectivity index (χ0) is 20.5. The standard InChI is InChI=1S/C19H18N6O4/c1-11(19(27)28)25-9-13(8-23-25)12-2-4-14(5-3-12)24-6-7-29-17-15(18(24)26)16(20)21-10-22-17/h2-5,8-11H,6-7H2,1H3,(H,27,28)(H2,20,21,22)/t11-/m0/s1. The minimum atomic E-state index is -0.958. The van der Waals surface area contributed by atoms with Crippen LogP contribution in [0.4, 0.5) is 11.5 Å². The Kier molecular flexibility index (Phi) is 4.59. The minimum absolute atomic E-state index is 0.0727. The Morgan fingerprint density at radius 3 is 2.72 bits per heavy atom. The van der Waals surface area contributed by atoms with Crippen LogP contribution >= 0.6 is 0 Å². The normalized spacial score (nSPS) is 14.7. The molecule has 2 aromatic heterocycles. The van der Waals surface area contributed by atoms with Gasteiger partial charge < -0.3 is 20.5 Å². The van der Waals surface area contributed by atoms with Crippen LogP contribution in [0.25, 0.3) is 11.1 Å². The molecule has 0 bridgehead atoms. The molecule has 0 aliphatic carbocycles. The van der Waals surface area contributed by atoms with Gasteiger partial charge in [-0.1, -0.05) is 12.1 Å². The highest BCUT2D eigenvalue weighted by molar-refractivity contribution is 6.10. The van der Waals surface area contributed by atoms with E-state index in [1.165, 1.54) is 11.0 Å². The highest BCUT2D eigenvalue weighted by Crippen LogP contribution is 2.29.